The topological polar surface area (TPSA) is 50.8 Å². The zero-order valence-electron chi connectivity index (χ0n) is 14.6. The van der Waals surface area contributed by atoms with Crippen molar-refractivity contribution < 1.29 is 14.3 Å². The van der Waals surface area contributed by atoms with E-state index < -0.39 is 5.60 Å². The Labute approximate surface area is 139 Å². The van der Waals surface area contributed by atoms with E-state index in [1.54, 1.807) is 4.90 Å². The number of piperidine rings is 1. The van der Waals surface area contributed by atoms with Gasteiger partial charge in [0.1, 0.15) is 11.4 Å². The third kappa shape index (κ3) is 5.34. The second-order valence-corrected chi connectivity index (χ2v) is 6.84. The Morgan fingerprint density at radius 2 is 2.09 bits per heavy atom. The molecule has 0 spiro atoms. The molecule has 128 valence electrons. The number of anilines is 1. The number of rotatable bonds is 4. The highest BCUT2D eigenvalue weighted by molar-refractivity contribution is 5.68. The Balaban J connectivity index is 1.98. The molecule has 0 bridgehead atoms. The Kier molecular flexibility index (Phi) is 5.74. The number of nitrogens with one attached hydrogen (secondary N) is 1. The standard InChI is InChI=1S/C18H28N2O3/c1-5-22-16-11-7-6-10-15(16)19-14-9-8-12-20(13-14)17(21)23-18(2,3)4/h6-7,10-11,14,19H,5,8-9,12-13H2,1-4H3. The number of hydrogen-bond donors (Lipinski definition) is 1. The van der Waals surface area contributed by atoms with Gasteiger partial charge in [-0.3, -0.25) is 0 Å². The minimum atomic E-state index is -0.459. The fourth-order valence-corrected chi connectivity index (χ4v) is 2.67. The molecule has 23 heavy (non-hydrogen) atoms. The molecule has 0 aliphatic carbocycles. The van der Waals surface area contributed by atoms with Gasteiger partial charge in [-0.15, -0.1) is 0 Å². The number of para-hydroxylation sites is 2. The number of benzene rings is 1. The highest BCUT2D eigenvalue weighted by Gasteiger charge is 2.27. The number of amides is 1. The normalized spacial score (nSPS) is 18.4. The molecule has 5 nitrogen and oxygen atoms in total. The fraction of sp³-hybridized carbons (Fsp3) is 0.611. The summed E-state index contributed by atoms with van der Waals surface area (Å²) >= 11 is 0. The number of hydrogen-bond acceptors (Lipinski definition) is 4. The SMILES string of the molecule is CCOc1ccccc1NC1CCCN(C(=O)OC(C)(C)C)C1. The Morgan fingerprint density at radius 3 is 2.78 bits per heavy atom. The van der Waals surface area contributed by atoms with Crippen molar-refractivity contribution >= 4 is 11.8 Å². The first-order chi connectivity index (χ1) is 10.9. The maximum Gasteiger partial charge on any atom is 0.410 e. The van der Waals surface area contributed by atoms with Gasteiger partial charge in [0.15, 0.2) is 0 Å². The Morgan fingerprint density at radius 1 is 1.35 bits per heavy atom. The maximum atomic E-state index is 12.2. The molecular weight excluding hydrogens is 292 g/mol. The molecule has 1 fully saturated rings. The van der Waals surface area contributed by atoms with Crippen molar-refractivity contribution in [2.75, 3.05) is 25.0 Å². The molecule has 1 atom stereocenters. The van der Waals surface area contributed by atoms with Crippen molar-refractivity contribution in [2.24, 2.45) is 0 Å². The largest absolute Gasteiger partial charge is 0.492 e. The highest BCUT2D eigenvalue weighted by Crippen LogP contribution is 2.26. The van der Waals surface area contributed by atoms with Crippen LogP contribution in [0.5, 0.6) is 5.75 Å². The first kappa shape index (κ1) is 17.4. The Hall–Kier alpha value is -1.91. The molecule has 1 saturated heterocycles. The fourth-order valence-electron chi connectivity index (χ4n) is 2.67. The zero-order valence-corrected chi connectivity index (χ0v) is 14.6. The van der Waals surface area contributed by atoms with E-state index >= 15 is 0 Å². The van der Waals surface area contributed by atoms with E-state index in [1.807, 2.05) is 52.0 Å². The maximum absolute atomic E-state index is 12.2. The van der Waals surface area contributed by atoms with Crippen molar-refractivity contribution in [1.82, 2.24) is 4.90 Å². The average Bonchev–Trinajstić information content (AvgIpc) is 2.48. The molecular formula is C18H28N2O3. The average molecular weight is 320 g/mol. The van der Waals surface area contributed by atoms with Gasteiger partial charge in [0.25, 0.3) is 0 Å². The minimum absolute atomic E-state index is 0.206. The second-order valence-electron chi connectivity index (χ2n) is 6.84. The predicted octanol–water partition coefficient (Wildman–Crippen LogP) is 3.90. The monoisotopic (exact) mass is 320 g/mol. The number of nitrogens with zero attached hydrogens (tertiary/aromatic N) is 1. The van der Waals surface area contributed by atoms with Crippen molar-refractivity contribution in [3.63, 3.8) is 0 Å². The molecule has 5 heteroatoms. The summed E-state index contributed by atoms with van der Waals surface area (Å²) in [6, 6.07) is 8.12. The van der Waals surface area contributed by atoms with E-state index in [4.69, 9.17) is 9.47 Å². The van der Waals surface area contributed by atoms with Gasteiger partial charge in [0.05, 0.1) is 12.3 Å². The third-order valence-corrected chi connectivity index (χ3v) is 3.62. The van der Waals surface area contributed by atoms with Crippen LogP contribution in [0.25, 0.3) is 0 Å². The van der Waals surface area contributed by atoms with E-state index in [1.165, 1.54) is 0 Å². The molecule has 0 aromatic heterocycles. The van der Waals surface area contributed by atoms with Crippen LogP contribution in [-0.4, -0.2) is 42.3 Å². The van der Waals surface area contributed by atoms with Gasteiger partial charge >= 0.3 is 6.09 Å². The van der Waals surface area contributed by atoms with Gasteiger partial charge in [0, 0.05) is 19.1 Å². The number of ether oxygens (including phenoxy) is 2. The first-order valence-corrected chi connectivity index (χ1v) is 8.35. The second kappa shape index (κ2) is 7.57. The van der Waals surface area contributed by atoms with E-state index in [0.717, 1.165) is 30.8 Å². The molecule has 1 aliphatic heterocycles. The number of carbonyl (C=O) groups is 1. The van der Waals surface area contributed by atoms with Crippen molar-refractivity contribution in [3.8, 4) is 5.75 Å². The van der Waals surface area contributed by atoms with Crippen LogP contribution in [0.1, 0.15) is 40.5 Å². The minimum Gasteiger partial charge on any atom is -0.492 e. The smallest absolute Gasteiger partial charge is 0.410 e. The number of carbonyl (C=O) groups excluding carboxylic acids is 1. The summed E-state index contributed by atoms with van der Waals surface area (Å²) in [5, 5.41) is 3.51. The van der Waals surface area contributed by atoms with E-state index in [-0.39, 0.29) is 12.1 Å². The van der Waals surface area contributed by atoms with Gasteiger partial charge < -0.3 is 19.7 Å². The van der Waals surface area contributed by atoms with E-state index in [9.17, 15) is 4.79 Å². The summed E-state index contributed by atoms with van der Waals surface area (Å²) < 4.78 is 11.1. The predicted molar refractivity (Wildman–Crippen MR) is 92.1 cm³/mol. The first-order valence-electron chi connectivity index (χ1n) is 8.35. The summed E-state index contributed by atoms with van der Waals surface area (Å²) in [6.45, 7) is 9.68. The lowest BCUT2D eigenvalue weighted by molar-refractivity contribution is 0.0206. The van der Waals surface area contributed by atoms with Crippen LogP contribution >= 0.6 is 0 Å². The van der Waals surface area contributed by atoms with Crippen LogP contribution in [-0.2, 0) is 4.74 Å². The van der Waals surface area contributed by atoms with Gasteiger partial charge in [0.2, 0.25) is 0 Å². The summed E-state index contributed by atoms with van der Waals surface area (Å²) in [4.78, 5) is 14.0. The van der Waals surface area contributed by atoms with E-state index in [0.29, 0.717) is 13.2 Å². The molecule has 0 radical (unpaired) electrons. The van der Waals surface area contributed by atoms with Crippen LogP contribution in [0.4, 0.5) is 10.5 Å². The lowest BCUT2D eigenvalue weighted by Gasteiger charge is -2.35. The van der Waals surface area contributed by atoms with Gasteiger partial charge in [-0.25, -0.2) is 4.79 Å². The van der Waals surface area contributed by atoms with Crippen molar-refractivity contribution in [1.29, 1.82) is 0 Å². The van der Waals surface area contributed by atoms with Crippen molar-refractivity contribution in [2.45, 2.75) is 52.2 Å². The van der Waals surface area contributed by atoms with Gasteiger partial charge in [-0.1, -0.05) is 12.1 Å². The van der Waals surface area contributed by atoms with E-state index in [2.05, 4.69) is 5.32 Å². The molecule has 0 saturated carbocycles. The van der Waals surface area contributed by atoms with Gasteiger partial charge in [-0.2, -0.15) is 0 Å². The summed E-state index contributed by atoms with van der Waals surface area (Å²) in [6.07, 6.45) is 1.76. The van der Waals surface area contributed by atoms with Crippen LogP contribution in [0.3, 0.4) is 0 Å². The van der Waals surface area contributed by atoms with Crippen LogP contribution < -0.4 is 10.1 Å². The Bertz CT molecular complexity index is 525. The molecule has 1 unspecified atom stereocenters. The summed E-state index contributed by atoms with van der Waals surface area (Å²) in [5.41, 5.74) is 0.518. The highest BCUT2D eigenvalue weighted by atomic mass is 16.6. The molecule has 1 aromatic rings. The molecule has 1 N–H and O–H groups in total. The lowest BCUT2D eigenvalue weighted by atomic mass is 10.1. The summed E-state index contributed by atoms with van der Waals surface area (Å²) in [7, 11) is 0. The van der Waals surface area contributed by atoms with Crippen molar-refractivity contribution in [3.05, 3.63) is 24.3 Å². The molecule has 1 aromatic carbocycles. The summed E-state index contributed by atoms with van der Waals surface area (Å²) in [5.74, 6) is 0.851. The zero-order chi connectivity index (χ0) is 16.9. The molecule has 1 heterocycles. The van der Waals surface area contributed by atoms with Gasteiger partial charge in [-0.05, 0) is 52.7 Å². The van der Waals surface area contributed by atoms with Crippen LogP contribution in [0, 0.1) is 0 Å². The van der Waals surface area contributed by atoms with Crippen LogP contribution in [0.2, 0.25) is 0 Å². The molecule has 1 aliphatic rings. The quantitative estimate of drug-likeness (QED) is 0.914. The lowest BCUT2D eigenvalue weighted by Crippen LogP contribution is -2.47. The molecule has 1 amide bonds. The third-order valence-electron chi connectivity index (χ3n) is 3.62. The molecule has 2 rings (SSSR count). The van der Waals surface area contributed by atoms with Crippen LogP contribution in [0.15, 0.2) is 24.3 Å². The number of likely N-dealkylation sites (tertiary alicyclic amines) is 1.